The highest BCUT2D eigenvalue weighted by Gasteiger charge is 2.02. The summed E-state index contributed by atoms with van der Waals surface area (Å²) in [4.78, 5) is 6.22. The fourth-order valence-corrected chi connectivity index (χ4v) is 0.795. The van der Waals surface area contributed by atoms with Crippen molar-refractivity contribution in [2.75, 3.05) is 33.4 Å². The van der Waals surface area contributed by atoms with Gasteiger partial charge in [-0.25, -0.2) is 0 Å². The summed E-state index contributed by atoms with van der Waals surface area (Å²) < 4.78 is 4.90. The van der Waals surface area contributed by atoms with E-state index < -0.39 is 0 Å². The van der Waals surface area contributed by atoms with E-state index in [1.165, 1.54) is 0 Å². The maximum absolute atomic E-state index is 4.90. The van der Waals surface area contributed by atoms with E-state index in [-0.39, 0.29) is 12.4 Å². The van der Waals surface area contributed by atoms with E-state index in [4.69, 9.17) is 4.74 Å². The summed E-state index contributed by atoms with van der Waals surface area (Å²) in [6, 6.07) is 0. The van der Waals surface area contributed by atoms with Gasteiger partial charge in [-0.2, -0.15) is 0 Å². The number of hydrogen-bond acceptors (Lipinski definition) is 3. The predicted molar refractivity (Wildman–Crippen MR) is 44.1 cm³/mol. The van der Waals surface area contributed by atoms with Gasteiger partial charge in [-0.05, 0) is 0 Å². The van der Waals surface area contributed by atoms with Crippen molar-refractivity contribution in [3.63, 3.8) is 0 Å². The van der Waals surface area contributed by atoms with E-state index in [2.05, 4.69) is 9.89 Å². The third-order valence-electron chi connectivity index (χ3n) is 1.34. The summed E-state index contributed by atoms with van der Waals surface area (Å²) in [5.74, 6) is 0. The maximum atomic E-state index is 4.90. The minimum absolute atomic E-state index is 0. The van der Waals surface area contributed by atoms with Crippen LogP contribution in [0.2, 0.25) is 0 Å². The summed E-state index contributed by atoms with van der Waals surface area (Å²) in [5.41, 5.74) is 0. The van der Waals surface area contributed by atoms with Gasteiger partial charge in [0.1, 0.15) is 0 Å². The Bertz CT molecular complexity index is 108. The molecule has 0 bridgehead atoms. The molecule has 3 nitrogen and oxygen atoms in total. The zero-order chi connectivity index (χ0) is 6.53. The predicted octanol–water partition coefficient (Wildman–Crippen LogP) is 0.398. The fourth-order valence-electron chi connectivity index (χ4n) is 0.795. The number of hydrogen-bond donors (Lipinski definition) is 0. The summed E-state index contributed by atoms with van der Waals surface area (Å²) in [6.07, 6.45) is 1.89. The SMILES string of the molecule is COCCN1C=NCC1.Cl. The van der Waals surface area contributed by atoms with E-state index >= 15 is 0 Å². The number of methoxy groups -OCH3 is 1. The topological polar surface area (TPSA) is 24.8 Å². The molecule has 0 unspecified atom stereocenters. The molecule has 4 heteroatoms. The van der Waals surface area contributed by atoms with Crippen LogP contribution in [0.5, 0.6) is 0 Å². The van der Waals surface area contributed by atoms with E-state index in [1.54, 1.807) is 7.11 Å². The molecule has 0 saturated heterocycles. The van der Waals surface area contributed by atoms with E-state index in [1.807, 2.05) is 6.34 Å². The molecular formula is C6H13ClN2O. The smallest absolute Gasteiger partial charge is 0.0852 e. The van der Waals surface area contributed by atoms with Crippen LogP contribution in [0, 0.1) is 0 Å². The molecule has 1 rings (SSSR count). The van der Waals surface area contributed by atoms with Crippen LogP contribution < -0.4 is 0 Å². The van der Waals surface area contributed by atoms with Crippen molar-refractivity contribution in [1.82, 2.24) is 4.90 Å². The fraction of sp³-hybridized carbons (Fsp3) is 0.833. The van der Waals surface area contributed by atoms with Crippen molar-refractivity contribution >= 4 is 18.7 Å². The zero-order valence-electron chi connectivity index (χ0n) is 6.12. The van der Waals surface area contributed by atoms with Crippen LogP contribution in [0.4, 0.5) is 0 Å². The lowest BCUT2D eigenvalue weighted by atomic mass is 10.5. The van der Waals surface area contributed by atoms with Crippen molar-refractivity contribution in [3.05, 3.63) is 0 Å². The Labute approximate surface area is 67.5 Å². The third kappa shape index (κ3) is 3.03. The molecule has 0 spiro atoms. The Hall–Kier alpha value is -0.280. The Kier molecular flexibility index (Phi) is 5.35. The van der Waals surface area contributed by atoms with Crippen LogP contribution in [-0.2, 0) is 4.74 Å². The van der Waals surface area contributed by atoms with E-state index in [0.717, 1.165) is 26.2 Å². The van der Waals surface area contributed by atoms with Crippen LogP contribution >= 0.6 is 12.4 Å². The molecule has 1 aliphatic heterocycles. The molecular weight excluding hydrogens is 152 g/mol. The second-order valence-corrected chi connectivity index (χ2v) is 2.05. The highest BCUT2D eigenvalue weighted by atomic mass is 35.5. The molecule has 0 atom stereocenters. The van der Waals surface area contributed by atoms with Gasteiger partial charge < -0.3 is 9.64 Å². The molecule has 60 valence electrons. The van der Waals surface area contributed by atoms with Gasteiger partial charge in [0.05, 0.1) is 19.5 Å². The van der Waals surface area contributed by atoms with Crippen LogP contribution in [0.15, 0.2) is 4.99 Å². The van der Waals surface area contributed by atoms with Gasteiger partial charge >= 0.3 is 0 Å². The molecule has 10 heavy (non-hydrogen) atoms. The first-order valence-electron chi connectivity index (χ1n) is 3.16. The van der Waals surface area contributed by atoms with Gasteiger partial charge in [0.2, 0.25) is 0 Å². The lowest BCUT2D eigenvalue weighted by molar-refractivity contribution is 0.180. The van der Waals surface area contributed by atoms with Crippen molar-refractivity contribution < 1.29 is 4.74 Å². The summed E-state index contributed by atoms with van der Waals surface area (Å²) in [6.45, 7) is 3.78. The maximum Gasteiger partial charge on any atom is 0.0852 e. The molecule has 0 aliphatic carbocycles. The van der Waals surface area contributed by atoms with E-state index in [0.29, 0.717) is 0 Å². The zero-order valence-corrected chi connectivity index (χ0v) is 6.93. The molecule has 0 aromatic heterocycles. The average Bonchev–Trinajstić information content (AvgIpc) is 2.34. The molecule has 0 aromatic carbocycles. The van der Waals surface area contributed by atoms with Gasteiger partial charge in [-0.15, -0.1) is 12.4 Å². The molecule has 1 heterocycles. The van der Waals surface area contributed by atoms with Crippen LogP contribution in [-0.4, -0.2) is 44.6 Å². The molecule has 0 radical (unpaired) electrons. The number of aliphatic imine (C=N–C) groups is 1. The Morgan fingerprint density at radius 1 is 1.70 bits per heavy atom. The quantitative estimate of drug-likeness (QED) is 0.603. The van der Waals surface area contributed by atoms with Crippen molar-refractivity contribution in [1.29, 1.82) is 0 Å². The Morgan fingerprint density at radius 2 is 2.50 bits per heavy atom. The Balaban J connectivity index is 0.000000810. The summed E-state index contributed by atoms with van der Waals surface area (Å²) >= 11 is 0. The molecule has 0 amide bonds. The summed E-state index contributed by atoms with van der Waals surface area (Å²) in [7, 11) is 1.72. The first-order valence-corrected chi connectivity index (χ1v) is 3.16. The monoisotopic (exact) mass is 164 g/mol. The Morgan fingerprint density at radius 3 is 3.00 bits per heavy atom. The van der Waals surface area contributed by atoms with Gasteiger partial charge in [0.15, 0.2) is 0 Å². The summed E-state index contributed by atoms with van der Waals surface area (Å²) in [5, 5.41) is 0. The highest BCUT2D eigenvalue weighted by molar-refractivity contribution is 5.85. The second-order valence-electron chi connectivity index (χ2n) is 2.05. The van der Waals surface area contributed by atoms with Gasteiger partial charge in [0.25, 0.3) is 0 Å². The molecule has 0 saturated carbocycles. The number of ether oxygens (including phenoxy) is 1. The van der Waals surface area contributed by atoms with Crippen LogP contribution in [0.25, 0.3) is 0 Å². The lowest BCUT2D eigenvalue weighted by Crippen LogP contribution is -2.23. The van der Waals surface area contributed by atoms with Crippen LogP contribution in [0.1, 0.15) is 0 Å². The average molecular weight is 165 g/mol. The largest absolute Gasteiger partial charge is 0.383 e. The highest BCUT2D eigenvalue weighted by Crippen LogP contribution is 1.91. The van der Waals surface area contributed by atoms with Crippen molar-refractivity contribution in [2.45, 2.75) is 0 Å². The number of nitrogens with zero attached hydrogens (tertiary/aromatic N) is 2. The van der Waals surface area contributed by atoms with Gasteiger partial charge in [0, 0.05) is 20.2 Å². The molecule has 0 N–H and O–H groups in total. The van der Waals surface area contributed by atoms with Gasteiger partial charge in [-0.1, -0.05) is 0 Å². The minimum atomic E-state index is 0. The molecule has 0 aromatic rings. The van der Waals surface area contributed by atoms with Gasteiger partial charge in [-0.3, -0.25) is 4.99 Å². The van der Waals surface area contributed by atoms with E-state index in [9.17, 15) is 0 Å². The number of rotatable bonds is 3. The molecule has 0 fully saturated rings. The normalized spacial score (nSPS) is 15.5. The minimum Gasteiger partial charge on any atom is -0.383 e. The third-order valence-corrected chi connectivity index (χ3v) is 1.34. The standard InChI is InChI=1S/C6H12N2O.ClH/c1-9-5-4-8-3-2-7-6-8;/h6H,2-5H2,1H3;1H. The second kappa shape index (κ2) is 5.50. The van der Waals surface area contributed by atoms with Crippen molar-refractivity contribution in [3.8, 4) is 0 Å². The number of halogens is 1. The van der Waals surface area contributed by atoms with Crippen LogP contribution in [0.3, 0.4) is 0 Å². The first-order chi connectivity index (χ1) is 4.43. The first kappa shape index (κ1) is 9.72. The lowest BCUT2D eigenvalue weighted by Gasteiger charge is -2.11. The molecule has 1 aliphatic rings. The van der Waals surface area contributed by atoms with Crippen molar-refractivity contribution in [2.24, 2.45) is 4.99 Å².